The largest absolute Gasteiger partial charge is 0.354 e. The van der Waals surface area contributed by atoms with Crippen LogP contribution >= 0.6 is 0 Å². The van der Waals surface area contributed by atoms with Gasteiger partial charge in [-0.05, 0) is 13.5 Å². The molecule has 1 rings (SSSR count). The maximum Gasteiger partial charge on any atom is 0.243 e. The van der Waals surface area contributed by atoms with E-state index in [0.29, 0.717) is 12.5 Å². The van der Waals surface area contributed by atoms with E-state index in [1.807, 2.05) is 6.92 Å². The van der Waals surface area contributed by atoms with Crippen LogP contribution in [0.3, 0.4) is 0 Å². The molecule has 0 saturated carbocycles. The van der Waals surface area contributed by atoms with Crippen LogP contribution in [0, 0.1) is 0 Å². The second kappa shape index (κ2) is 7.64. The summed E-state index contributed by atoms with van der Waals surface area (Å²) in [4.78, 5) is 7.65. The van der Waals surface area contributed by atoms with Crippen molar-refractivity contribution in [2.45, 2.75) is 18.2 Å². The number of sulfonamides is 2. The molecule has 1 aromatic rings. The molecule has 0 bridgehead atoms. The van der Waals surface area contributed by atoms with E-state index in [9.17, 15) is 16.8 Å². The minimum atomic E-state index is -3.82. The maximum atomic E-state index is 11.9. The molecule has 1 aromatic heterocycles. The zero-order valence-corrected chi connectivity index (χ0v) is 13.5. The summed E-state index contributed by atoms with van der Waals surface area (Å²) in [6.07, 6.45) is 3.23. The molecule has 1 heterocycles. The molecule has 0 aromatic carbocycles. The summed E-state index contributed by atoms with van der Waals surface area (Å²) in [5.41, 5.74) is 0. The zero-order valence-electron chi connectivity index (χ0n) is 11.8. The lowest BCUT2D eigenvalue weighted by atomic mass is 10.5. The van der Waals surface area contributed by atoms with E-state index in [2.05, 4.69) is 24.7 Å². The Hall–Kier alpha value is -1.30. The molecule has 0 aliphatic carbocycles. The molecule has 21 heavy (non-hydrogen) atoms. The predicted octanol–water partition coefficient (Wildman–Crippen LogP) is -0.874. The summed E-state index contributed by atoms with van der Waals surface area (Å²) in [7, 11) is -6.02. The first-order chi connectivity index (χ1) is 9.80. The Morgan fingerprint density at radius 2 is 1.71 bits per heavy atom. The molecular formula is C10H19N5O4S2. The summed E-state index contributed by atoms with van der Waals surface area (Å²) < 4.78 is 50.5. The van der Waals surface area contributed by atoms with E-state index in [4.69, 9.17) is 0 Å². The van der Waals surface area contributed by atoms with Gasteiger partial charge in [0.2, 0.25) is 26.0 Å². The van der Waals surface area contributed by atoms with Gasteiger partial charge in [0, 0.05) is 13.1 Å². The van der Waals surface area contributed by atoms with Gasteiger partial charge in [0.05, 0.1) is 18.1 Å². The molecule has 0 radical (unpaired) electrons. The van der Waals surface area contributed by atoms with Crippen molar-refractivity contribution in [1.29, 1.82) is 0 Å². The van der Waals surface area contributed by atoms with Gasteiger partial charge >= 0.3 is 0 Å². The van der Waals surface area contributed by atoms with Crippen molar-refractivity contribution in [3.05, 3.63) is 12.4 Å². The van der Waals surface area contributed by atoms with E-state index < -0.39 is 20.0 Å². The SMILES string of the molecule is CCCNc1ncc(S(=O)(=O)NCCS(=O)(=O)NC)cn1. The van der Waals surface area contributed by atoms with Crippen molar-refractivity contribution >= 4 is 26.0 Å². The van der Waals surface area contributed by atoms with E-state index in [-0.39, 0.29) is 17.2 Å². The van der Waals surface area contributed by atoms with Crippen LogP contribution in [0.25, 0.3) is 0 Å². The molecule has 11 heteroatoms. The van der Waals surface area contributed by atoms with Crippen molar-refractivity contribution in [3.8, 4) is 0 Å². The first-order valence-corrected chi connectivity index (χ1v) is 9.41. The van der Waals surface area contributed by atoms with E-state index in [1.165, 1.54) is 19.4 Å². The first kappa shape index (κ1) is 17.8. The summed E-state index contributed by atoms with van der Waals surface area (Å²) in [5.74, 6) is -0.00623. The lowest BCUT2D eigenvalue weighted by Gasteiger charge is -2.07. The molecule has 9 nitrogen and oxygen atoms in total. The Morgan fingerprint density at radius 1 is 1.10 bits per heavy atom. The highest BCUT2D eigenvalue weighted by atomic mass is 32.2. The van der Waals surface area contributed by atoms with E-state index in [1.54, 1.807) is 0 Å². The molecule has 0 unspecified atom stereocenters. The Morgan fingerprint density at radius 3 is 2.24 bits per heavy atom. The molecule has 0 aliphatic heterocycles. The normalized spacial score (nSPS) is 12.3. The Kier molecular flexibility index (Phi) is 6.45. The molecule has 0 spiro atoms. The summed E-state index contributed by atoms with van der Waals surface area (Å²) in [5, 5.41) is 2.92. The smallest absolute Gasteiger partial charge is 0.243 e. The van der Waals surface area contributed by atoms with Gasteiger partial charge in [-0.25, -0.2) is 36.2 Å². The van der Waals surface area contributed by atoms with Gasteiger partial charge in [-0.2, -0.15) is 0 Å². The highest BCUT2D eigenvalue weighted by Gasteiger charge is 2.16. The maximum absolute atomic E-state index is 11.9. The lowest BCUT2D eigenvalue weighted by molar-refractivity contribution is 0.578. The van der Waals surface area contributed by atoms with Gasteiger partial charge in [0.1, 0.15) is 4.90 Å². The number of rotatable bonds is 9. The van der Waals surface area contributed by atoms with Crippen molar-refractivity contribution in [2.75, 3.05) is 31.2 Å². The second-order valence-electron chi connectivity index (χ2n) is 4.09. The third-order valence-corrected chi connectivity index (χ3v) is 5.22. The lowest BCUT2D eigenvalue weighted by Crippen LogP contribution is -2.33. The highest BCUT2D eigenvalue weighted by molar-refractivity contribution is 7.90. The predicted molar refractivity (Wildman–Crippen MR) is 78.8 cm³/mol. The molecule has 0 atom stereocenters. The van der Waals surface area contributed by atoms with Gasteiger partial charge in [-0.1, -0.05) is 6.92 Å². The van der Waals surface area contributed by atoms with Crippen LogP contribution in [0.1, 0.15) is 13.3 Å². The van der Waals surface area contributed by atoms with Crippen molar-refractivity contribution in [2.24, 2.45) is 0 Å². The molecule has 0 aliphatic rings. The van der Waals surface area contributed by atoms with Crippen LogP contribution in [0.4, 0.5) is 5.95 Å². The van der Waals surface area contributed by atoms with Gasteiger partial charge in [0.15, 0.2) is 0 Å². The van der Waals surface area contributed by atoms with Crippen molar-refractivity contribution in [3.63, 3.8) is 0 Å². The Labute approximate surface area is 124 Å². The molecule has 120 valence electrons. The van der Waals surface area contributed by atoms with Crippen LogP contribution in [0.2, 0.25) is 0 Å². The van der Waals surface area contributed by atoms with Crippen molar-refractivity contribution < 1.29 is 16.8 Å². The topological polar surface area (TPSA) is 130 Å². The number of hydrogen-bond acceptors (Lipinski definition) is 7. The number of anilines is 1. The average molecular weight is 337 g/mol. The summed E-state index contributed by atoms with van der Waals surface area (Å²) >= 11 is 0. The third kappa shape index (κ3) is 5.91. The molecule has 0 saturated heterocycles. The van der Waals surface area contributed by atoms with Crippen LogP contribution in [0.5, 0.6) is 0 Å². The summed E-state index contributed by atoms with van der Waals surface area (Å²) in [6, 6.07) is 0. The van der Waals surface area contributed by atoms with Crippen LogP contribution in [-0.2, 0) is 20.0 Å². The fourth-order valence-corrected chi connectivity index (χ4v) is 2.90. The quantitative estimate of drug-likeness (QED) is 0.534. The highest BCUT2D eigenvalue weighted by Crippen LogP contribution is 2.07. The van der Waals surface area contributed by atoms with Crippen LogP contribution < -0.4 is 14.8 Å². The van der Waals surface area contributed by atoms with Crippen molar-refractivity contribution in [1.82, 2.24) is 19.4 Å². The first-order valence-electron chi connectivity index (χ1n) is 6.27. The monoisotopic (exact) mass is 337 g/mol. The van der Waals surface area contributed by atoms with Gasteiger partial charge in [-0.15, -0.1) is 0 Å². The van der Waals surface area contributed by atoms with Gasteiger partial charge in [-0.3, -0.25) is 0 Å². The standard InChI is InChI=1S/C10H19N5O4S2/c1-3-4-12-10-13-7-9(8-14-10)21(18,19)15-5-6-20(16,17)11-2/h7-8,11,15H,3-6H2,1-2H3,(H,12,13,14). The third-order valence-electron chi connectivity index (χ3n) is 2.45. The number of nitrogens with one attached hydrogen (secondary N) is 3. The van der Waals surface area contributed by atoms with Gasteiger partial charge < -0.3 is 5.32 Å². The van der Waals surface area contributed by atoms with Crippen LogP contribution in [0.15, 0.2) is 17.3 Å². The fourth-order valence-electron chi connectivity index (χ4n) is 1.28. The minimum absolute atomic E-state index is 0.119. The average Bonchev–Trinajstić information content (AvgIpc) is 2.45. The van der Waals surface area contributed by atoms with Gasteiger partial charge in [0.25, 0.3) is 0 Å². The van der Waals surface area contributed by atoms with E-state index >= 15 is 0 Å². The number of nitrogens with zero attached hydrogens (tertiary/aromatic N) is 2. The number of hydrogen-bond donors (Lipinski definition) is 3. The fraction of sp³-hybridized carbons (Fsp3) is 0.600. The molecule has 0 amide bonds. The summed E-state index contributed by atoms with van der Waals surface area (Å²) in [6.45, 7) is 2.43. The van der Waals surface area contributed by atoms with E-state index in [0.717, 1.165) is 6.42 Å². The molecule has 0 fully saturated rings. The van der Waals surface area contributed by atoms with Crippen LogP contribution in [-0.4, -0.2) is 52.7 Å². The Balaban J connectivity index is 2.66. The minimum Gasteiger partial charge on any atom is -0.354 e. The molecule has 3 N–H and O–H groups in total. The zero-order chi connectivity index (χ0) is 15.9. The molecular weight excluding hydrogens is 318 g/mol. The number of aromatic nitrogens is 2. The Bertz CT molecular complexity index is 643. The second-order valence-corrected chi connectivity index (χ2v) is 7.90.